The molecule has 0 unspecified atom stereocenters. The Kier molecular flexibility index (Phi) is 4.48. The Balaban J connectivity index is 1.43. The summed E-state index contributed by atoms with van der Waals surface area (Å²) in [5.74, 6) is 1.51. The van der Waals surface area contributed by atoms with Crippen molar-refractivity contribution in [1.29, 1.82) is 0 Å². The molecule has 1 aromatic heterocycles. The summed E-state index contributed by atoms with van der Waals surface area (Å²) in [5.41, 5.74) is 2.13. The quantitative estimate of drug-likeness (QED) is 0.821. The summed E-state index contributed by atoms with van der Waals surface area (Å²) in [6.07, 6.45) is 4.35. The maximum absolute atomic E-state index is 12.1. The molecule has 0 N–H and O–H groups in total. The third kappa shape index (κ3) is 3.55. The SMILES string of the molecule is O=S1(=O)CC[C@H]2CN(Cc3ccccc3OCc3cccnc3)C[C@H]21. The fourth-order valence-electron chi connectivity index (χ4n) is 3.87. The number of pyridine rings is 1. The van der Waals surface area contributed by atoms with E-state index in [1.807, 2.05) is 30.3 Å². The molecule has 2 aliphatic rings. The Hall–Kier alpha value is -1.92. The van der Waals surface area contributed by atoms with Crippen LogP contribution in [0.3, 0.4) is 0 Å². The highest BCUT2D eigenvalue weighted by atomic mass is 32.2. The molecule has 2 aromatic rings. The van der Waals surface area contributed by atoms with Gasteiger partial charge in [-0.3, -0.25) is 9.88 Å². The van der Waals surface area contributed by atoms with Crippen molar-refractivity contribution in [3.63, 3.8) is 0 Å². The summed E-state index contributed by atoms with van der Waals surface area (Å²) in [7, 11) is -2.89. The molecule has 0 aliphatic carbocycles. The molecule has 4 rings (SSSR count). The average Bonchev–Trinajstić information content (AvgIpc) is 3.15. The van der Waals surface area contributed by atoms with Crippen molar-refractivity contribution in [1.82, 2.24) is 9.88 Å². The molecule has 2 aliphatic heterocycles. The van der Waals surface area contributed by atoms with Gasteiger partial charge in [0.2, 0.25) is 0 Å². The van der Waals surface area contributed by atoms with Crippen molar-refractivity contribution in [2.75, 3.05) is 18.8 Å². The minimum Gasteiger partial charge on any atom is -0.489 e. The first-order chi connectivity index (χ1) is 12.1. The van der Waals surface area contributed by atoms with Crippen LogP contribution in [0, 0.1) is 5.92 Å². The van der Waals surface area contributed by atoms with E-state index >= 15 is 0 Å². The monoisotopic (exact) mass is 358 g/mol. The van der Waals surface area contributed by atoms with E-state index in [1.165, 1.54) is 0 Å². The molecule has 1 aromatic carbocycles. The van der Waals surface area contributed by atoms with E-state index < -0.39 is 9.84 Å². The van der Waals surface area contributed by atoms with Gasteiger partial charge in [0, 0.05) is 43.2 Å². The Morgan fingerprint density at radius 1 is 1.16 bits per heavy atom. The van der Waals surface area contributed by atoms with Gasteiger partial charge in [-0.25, -0.2) is 8.42 Å². The second kappa shape index (κ2) is 6.77. The number of hydrogen-bond donors (Lipinski definition) is 0. The number of fused-ring (bicyclic) bond motifs is 1. The van der Waals surface area contributed by atoms with Gasteiger partial charge in [-0.2, -0.15) is 0 Å². The number of rotatable bonds is 5. The number of hydrogen-bond acceptors (Lipinski definition) is 5. The van der Waals surface area contributed by atoms with Crippen LogP contribution in [-0.2, 0) is 23.0 Å². The Labute approximate surface area is 148 Å². The van der Waals surface area contributed by atoms with E-state index in [1.54, 1.807) is 12.4 Å². The smallest absolute Gasteiger partial charge is 0.154 e. The molecule has 3 heterocycles. The molecule has 0 saturated carbocycles. The van der Waals surface area contributed by atoms with Gasteiger partial charge >= 0.3 is 0 Å². The van der Waals surface area contributed by atoms with Crippen LogP contribution in [0.2, 0.25) is 0 Å². The minimum absolute atomic E-state index is 0.170. The van der Waals surface area contributed by atoms with E-state index in [9.17, 15) is 8.42 Å². The maximum Gasteiger partial charge on any atom is 0.154 e. The van der Waals surface area contributed by atoms with Gasteiger partial charge < -0.3 is 4.74 Å². The van der Waals surface area contributed by atoms with Gasteiger partial charge in [0.05, 0.1) is 11.0 Å². The fraction of sp³-hybridized carbons (Fsp3) is 0.421. The second-order valence-corrected chi connectivity index (χ2v) is 9.25. The normalized spacial score (nSPS) is 25.0. The van der Waals surface area contributed by atoms with Crippen LogP contribution >= 0.6 is 0 Å². The Morgan fingerprint density at radius 2 is 2.04 bits per heavy atom. The van der Waals surface area contributed by atoms with Crippen LogP contribution in [0.4, 0.5) is 0 Å². The molecule has 6 heteroatoms. The average molecular weight is 358 g/mol. The lowest BCUT2D eigenvalue weighted by Crippen LogP contribution is -2.26. The number of nitrogens with zero attached hydrogens (tertiary/aromatic N) is 2. The van der Waals surface area contributed by atoms with Crippen LogP contribution in [0.15, 0.2) is 48.8 Å². The molecule has 0 radical (unpaired) electrons. The second-order valence-electron chi connectivity index (χ2n) is 6.91. The topological polar surface area (TPSA) is 59.5 Å². The highest BCUT2D eigenvalue weighted by Gasteiger charge is 2.46. The number of benzene rings is 1. The number of likely N-dealkylation sites (tertiary alicyclic amines) is 1. The van der Waals surface area contributed by atoms with E-state index in [0.717, 1.165) is 36.4 Å². The van der Waals surface area contributed by atoms with Crippen molar-refractivity contribution >= 4 is 9.84 Å². The summed E-state index contributed by atoms with van der Waals surface area (Å²) >= 11 is 0. The first-order valence-corrected chi connectivity index (χ1v) is 10.4. The molecule has 2 saturated heterocycles. The van der Waals surface area contributed by atoms with E-state index in [0.29, 0.717) is 24.8 Å². The predicted molar refractivity (Wildman–Crippen MR) is 96.0 cm³/mol. The lowest BCUT2D eigenvalue weighted by molar-refractivity contribution is 0.281. The van der Waals surface area contributed by atoms with Gasteiger partial charge in [0.1, 0.15) is 12.4 Å². The van der Waals surface area contributed by atoms with Crippen molar-refractivity contribution in [3.8, 4) is 5.75 Å². The zero-order valence-corrected chi connectivity index (χ0v) is 14.9. The predicted octanol–water partition coefficient (Wildman–Crippen LogP) is 2.28. The first-order valence-electron chi connectivity index (χ1n) is 8.65. The number of para-hydroxylation sites is 1. The van der Waals surface area contributed by atoms with Gasteiger partial charge in [0.15, 0.2) is 9.84 Å². The van der Waals surface area contributed by atoms with Crippen molar-refractivity contribution < 1.29 is 13.2 Å². The third-order valence-electron chi connectivity index (χ3n) is 5.17. The van der Waals surface area contributed by atoms with Crippen molar-refractivity contribution in [2.24, 2.45) is 5.92 Å². The van der Waals surface area contributed by atoms with Crippen LogP contribution < -0.4 is 4.74 Å². The minimum atomic E-state index is -2.89. The molecular formula is C19H22N2O3S. The van der Waals surface area contributed by atoms with Gasteiger partial charge in [-0.05, 0) is 24.5 Å². The van der Waals surface area contributed by atoms with Gasteiger partial charge in [-0.15, -0.1) is 0 Å². The van der Waals surface area contributed by atoms with E-state index in [4.69, 9.17) is 4.74 Å². The zero-order valence-electron chi connectivity index (χ0n) is 14.0. The molecule has 0 spiro atoms. The standard InChI is InChI=1S/C19H22N2O3S/c22-25(23)9-7-17-12-21(13-19(17)25)11-16-5-1-2-6-18(16)24-14-15-4-3-8-20-10-15/h1-6,8,10,17,19H,7,9,11-14H2/t17-,19+/m0/s1. The first kappa shape index (κ1) is 16.5. The third-order valence-corrected chi connectivity index (χ3v) is 7.44. The summed E-state index contributed by atoms with van der Waals surface area (Å²) < 4.78 is 30.2. The van der Waals surface area contributed by atoms with Gasteiger partial charge in [-0.1, -0.05) is 24.3 Å². The maximum atomic E-state index is 12.1. The Bertz CT molecular complexity index is 839. The molecule has 5 nitrogen and oxygen atoms in total. The van der Waals surface area contributed by atoms with E-state index in [2.05, 4.69) is 16.0 Å². The van der Waals surface area contributed by atoms with Crippen LogP contribution in [0.25, 0.3) is 0 Å². The lowest BCUT2D eigenvalue weighted by Gasteiger charge is -2.19. The van der Waals surface area contributed by atoms with Crippen LogP contribution in [-0.4, -0.2) is 42.4 Å². The number of ether oxygens (including phenoxy) is 1. The van der Waals surface area contributed by atoms with Gasteiger partial charge in [0.25, 0.3) is 0 Å². The lowest BCUT2D eigenvalue weighted by atomic mass is 10.1. The van der Waals surface area contributed by atoms with E-state index in [-0.39, 0.29) is 5.25 Å². The highest BCUT2D eigenvalue weighted by molar-refractivity contribution is 7.92. The molecule has 0 amide bonds. The molecule has 25 heavy (non-hydrogen) atoms. The summed E-state index contributed by atoms with van der Waals surface area (Å²) in [4.78, 5) is 6.35. The Morgan fingerprint density at radius 3 is 2.84 bits per heavy atom. The van der Waals surface area contributed by atoms with Crippen LogP contribution in [0.5, 0.6) is 5.75 Å². The van der Waals surface area contributed by atoms with Crippen molar-refractivity contribution in [2.45, 2.75) is 24.8 Å². The molecular weight excluding hydrogens is 336 g/mol. The summed E-state index contributed by atoms with van der Waals surface area (Å²) in [6.45, 7) is 2.71. The number of aromatic nitrogens is 1. The molecule has 132 valence electrons. The van der Waals surface area contributed by atoms with Crippen LogP contribution in [0.1, 0.15) is 17.5 Å². The number of sulfone groups is 1. The molecule has 2 atom stereocenters. The molecule has 2 fully saturated rings. The summed E-state index contributed by atoms with van der Waals surface area (Å²) in [6, 6.07) is 11.9. The highest BCUT2D eigenvalue weighted by Crippen LogP contribution is 2.35. The molecule has 0 bridgehead atoms. The fourth-order valence-corrected chi connectivity index (χ4v) is 6.05. The summed E-state index contributed by atoms with van der Waals surface area (Å²) in [5, 5.41) is -0.170. The zero-order chi connectivity index (χ0) is 17.3. The van der Waals surface area contributed by atoms with Crippen molar-refractivity contribution in [3.05, 3.63) is 59.9 Å². The largest absolute Gasteiger partial charge is 0.489 e.